The maximum atomic E-state index is 9.68. The fraction of sp³-hybridized carbons (Fsp3) is 0.227. The first-order valence-corrected chi connectivity index (χ1v) is 9.67. The van der Waals surface area contributed by atoms with Crippen molar-refractivity contribution in [2.24, 2.45) is 0 Å². The van der Waals surface area contributed by atoms with Gasteiger partial charge in [-0.2, -0.15) is 5.10 Å². The van der Waals surface area contributed by atoms with Gasteiger partial charge in [-0.25, -0.2) is 4.98 Å². The van der Waals surface area contributed by atoms with Crippen LogP contribution >= 0.6 is 0 Å². The Morgan fingerprint density at radius 3 is 2.86 bits per heavy atom. The van der Waals surface area contributed by atoms with Crippen LogP contribution in [0.4, 0.5) is 0 Å². The van der Waals surface area contributed by atoms with Crippen LogP contribution in [0.5, 0.6) is 11.6 Å². The van der Waals surface area contributed by atoms with Crippen LogP contribution in [0.3, 0.4) is 0 Å². The number of aliphatic hydroxyl groups is 1. The number of rotatable bonds is 5. The second kappa shape index (κ2) is 7.62. The molecule has 5 rings (SSSR count). The SMILES string of the molecule is O[C@H]1CCN(Cc2ccc3cc(Oc4ccc(-c5ccn[nH]5)cn4)ccc3n2)C1. The molecule has 1 saturated heterocycles. The Morgan fingerprint density at radius 2 is 2.10 bits per heavy atom. The number of aliphatic hydroxyl groups excluding tert-OH is 1. The van der Waals surface area contributed by atoms with Crippen LogP contribution < -0.4 is 4.74 Å². The van der Waals surface area contributed by atoms with E-state index in [1.54, 1.807) is 12.4 Å². The van der Waals surface area contributed by atoms with E-state index in [9.17, 15) is 5.11 Å². The molecule has 4 heterocycles. The van der Waals surface area contributed by atoms with E-state index in [-0.39, 0.29) is 6.10 Å². The molecule has 0 radical (unpaired) electrons. The number of H-pyrrole nitrogens is 1. The van der Waals surface area contributed by atoms with Gasteiger partial charge in [0.05, 0.1) is 23.0 Å². The van der Waals surface area contributed by atoms with E-state index < -0.39 is 0 Å². The second-order valence-electron chi connectivity index (χ2n) is 7.29. The first-order chi connectivity index (χ1) is 14.2. The molecule has 146 valence electrons. The van der Waals surface area contributed by atoms with Crippen molar-refractivity contribution in [2.45, 2.75) is 19.1 Å². The smallest absolute Gasteiger partial charge is 0.219 e. The molecular formula is C22H21N5O2. The third-order valence-electron chi connectivity index (χ3n) is 5.12. The number of ether oxygens (including phenoxy) is 1. The van der Waals surface area contributed by atoms with Crippen molar-refractivity contribution in [3.8, 4) is 22.9 Å². The van der Waals surface area contributed by atoms with Crippen LogP contribution in [-0.2, 0) is 6.54 Å². The summed E-state index contributed by atoms with van der Waals surface area (Å²) in [6.45, 7) is 2.40. The molecule has 1 aromatic carbocycles. The first kappa shape index (κ1) is 17.8. The highest BCUT2D eigenvalue weighted by Gasteiger charge is 2.20. The number of aromatic nitrogens is 4. The molecular weight excluding hydrogens is 366 g/mol. The molecule has 0 amide bonds. The van der Waals surface area contributed by atoms with Gasteiger partial charge in [-0.1, -0.05) is 6.07 Å². The average Bonchev–Trinajstić information content (AvgIpc) is 3.41. The monoisotopic (exact) mass is 387 g/mol. The van der Waals surface area contributed by atoms with Crippen LogP contribution in [0.2, 0.25) is 0 Å². The van der Waals surface area contributed by atoms with Gasteiger partial charge in [0.2, 0.25) is 5.88 Å². The number of benzene rings is 1. The van der Waals surface area contributed by atoms with E-state index in [2.05, 4.69) is 26.1 Å². The molecule has 29 heavy (non-hydrogen) atoms. The van der Waals surface area contributed by atoms with Gasteiger partial charge < -0.3 is 9.84 Å². The van der Waals surface area contributed by atoms with Gasteiger partial charge in [0, 0.05) is 49.0 Å². The van der Waals surface area contributed by atoms with Gasteiger partial charge in [-0.05, 0) is 42.8 Å². The third-order valence-corrected chi connectivity index (χ3v) is 5.12. The number of hydrogen-bond donors (Lipinski definition) is 2. The molecule has 0 bridgehead atoms. The summed E-state index contributed by atoms with van der Waals surface area (Å²) in [5.41, 5.74) is 3.81. The summed E-state index contributed by atoms with van der Waals surface area (Å²) in [7, 11) is 0. The lowest BCUT2D eigenvalue weighted by Gasteiger charge is -2.14. The summed E-state index contributed by atoms with van der Waals surface area (Å²) in [5, 5.41) is 17.6. The Labute approximate surface area is 168 Å². The minimum Gasteiger partial charge on any atom is -0.439 e. The minimum absolute atomic E-state index is 0.211. The number of nitrogens with one attached hydrogen (secondary N) is 1. The van der Waals surface area contributed by atoms with Crippen LogP contribution in [0.25, 0.3) is 22.2 Å². The van der Waals surface area contributed by atoms with Crippen molar-refractivity contribution in [3.05, 3.63) is 66.6 Å². The van der Waals surface area contributed by atoms with E-state index in [1.165, 1.54) is 0 Å². The van der Waals surface area contributed by atoms with Crippen molar-refractivity contribution >= 4 is 10.9 Å². The molecule has 4 aromatic rings. The Bertz CT molecular complexity index is 1110. The lowest BCUT2D eigenvalue weighted by molar-refractivity contribution is 0.174. The number of β-amino-alcohol motifs (C(OH)–C–C–N with tert-alkyl or cyclic N) is 1. The molecule has 1 fully saturated rings. The van der Waals surface area contributed by atoms with E-state index in [0.717, 1.165) is 59.7 Å². The van der Waals surface area contributed by atoms with Crippen molar-refractivity contribution in [1.82, 2.24) is 25.1 Å². The predicted molar refractivity (Wildman–Crippen MR) is 110 cm³/mol. The first-order valence-electron chi connectivity index (χ1n) is 9.67. The molecule has 0 saturated carbocycles. The highest BCUT2D eigenvalue weighted by Crippen LogP contribution is 2.26. The summed E-state index contributed by atoms with van der Waals surface area (Å²) >= 11 is 0. The van der Waals surface area contributed by atoms with Crippen LogP contribution in [0.1, 0.15) is 12.1 Å². The Balaban J connectivity index is 1.30. The van der Waals surface area contributed by atoms with E-state index in [4.69, 9.17) is 9.72 Å². The minimum atomic E-state index is -0.211. The van der Waals surface area contributed by atoms with Crippen LogP contribution in [0, 0.1) is 0 Å². The maximum Gasteiger partial charge on any atom is 0.219 e. The molecule has 3 aromatic heterocycles. The topological polar surface area (TPSA) is 87.2 Å². The number of pyridine rings is 2. The number of aromatic amines is 1. The van der Waals surface area contributed by atoms with Crippen molar-refractivity contribution in [1.29, 1.82) is 0 Å². The Morgan fingerprint density at radius 1 is 1.14 bits per heavy atom. The van der Waals surface area contributed by atoms with Crippen LogP contribution in [0.15, 0.2) is 60.9 Å². The fourth-order valence-corrected chi connectivity index (χ4v) is 3.62. The molecule has 0 unspecified atom stereocenters. The molecule has 1 aliphatic rings. The summed E-state index contributed by atoms with van der Waals surface area (Å²) in [6.07, 6.45) is 4.10. The molecule has 7 heteroatoms. The van der Waals surface area contributed by atoms with Crippen molar-refractivity contribution in [3.63, 3.8) is 0 Å². The number of fused-ring (bicyclic) bond motifs is 1. The normalized spacial score (nSPS) is 17.1. The summed E-state index contributed by atoms with van der Waals surface area (Å²) < 4.78 is 5.91. The summed E-state index contributed by atoms with van der Waals surface area (Å²) in [4.78, 5) is 11.4. The molecule has 2 N–H and O–H groups in total. The lowest BCUT2D eigenvalue weighted by Crippen LogP contribution is -2.22. The quantitative estimate of drug-likeness (QED) is 0.546. The lowest BCUT2D eigenvalue weighted by atomic mass is 10.2. The van der Waals surface area contributed by atoms with Crippen LogP contribution in [-0.4, -0.2) is 49.4 Å². The Hall–Kier alpha value is -3.29. The zero-order valence-electron chi connectivity index (χ0n) is 15.8. The standard InChI is InChI=1S/C22H21N5O2/c28-18-8-10-27(14-18)13-17-3-1-15-11-19(4-5-20(15)25-17)29-22-6-2-16(12-23-22)21-7-9-24-26-21/h1-7,9,11-12,18,28H,8,10,13-14H2,(H,24,26)/t18-/m0/s1. The number of likely N-dealkylation sites (tertiary alicyclic amines) is 1. The van der Waals surface area contributed by atoms with Crippen molar-refractivity contribution in [2.75, 3.05) is 13.1 Å². The highest BCUT2D eigenvalue weighted by atomic mass is 16.5. The molecule has 7 nitrogen and oxygen atoms in total. The van der Waals surface area contributed by atoms with E-state index in [1.807, 2.05) is 42.5 Å². The zero-order valence-corrected chi connectivity index (χ0v) is 15.8. The van der Waals surface area contributed by atoms with Gasteiger partial charge in [0.25, 0.3) is 0 Å². The fourth-order valence-electron chi connectivity index (χ4n) is 3.62. The predicted octanol–water partition coefficient (Wildman–Crippen LogP) is 3.38. The molecule has 0 spiro atoms. The highest BCUT2D eigenvalue weighted by molar-refractivity contribution is 5.80. The maximum absolute atomic E-state index is 9.68. The van der Waals surface area contributed by atoms with E-state index in [0.29, 0.717) is 5.88 Å². The third kappa shape index (κ3) is 3.96. The van der Waals surface area contributed by atoms with Gasteiger partial charge >= 0.3 is 0 Å². The molecule has 1 aliphatic heterocycles. The van der Waals surface area contributed by atoms with E-state index >= 15 is 0 Å². The van der Waals surface area contributed by atoms with Crippen molar-refractivity contribution < 1.29 is 9.84 Å². The second-order valence-corrected chi connectivity index (χ2v) is 7.29. The number of nitrogens with zero attached hydrogens (tertiary/aromatic N) is 4. The zero-order chi connectivity index (χ0) is 19.6. The number of hydrogen-bond acceptors (Lipinski definition) is 6. The van der Waals surface area contributed by atoms with Gasteiger partial charge in [-0.3, -0.25) is 15.0 Å². The largest absolute Gasteiger partial charge is 0.439 e. The van der Waals surface area contributed by atoms with Gasteiger partial charge in [0.15, 0.2) is 0 Å². The summed E-state index contributed by atoms with van der Waals surface area (Å²) in [5.74, 6) is 1.25. The Kier molecular flexibility index (Phi) is 4.67. The average molecular weight is 387 g/mol. The summed E-state index contributed by atoms with van der Waals surface area (Å²) in [6, 6.07) is 15.6. The van der Waals surface area contributed by atoms with Gasteiger partial charge in [-0.15, -0.1) is 0 Å². The molecule has 1 atom stereocenters. The molecule has 0 aliphatic carbocycles. The van der Waals surface area contributed by atoms with Gasteiger partial charge in [0.1, 0.15) is 5.75 Å².